The maximum absolute atomic E-state index is 6.11. The highest BCUT2D eigenvalue weighted by atomic mass is 16.7. The number of ether oxygens (including phenoxy) is 4. The van der Waals surface area contributed by atoms with Crippen LogP contribution in [-0.2, 0) is 18.9 Å². The van der Waals surface area contributed by atoms with E-state index in [-0.39, 0.29) is 0 Å². The largest absolute Gasteiger partial charge is 0.353 e. The topological polar surface area (TPSA) is 36.9 Å². The van der Waals surface area contributed by atoms with Crippen LogP contribution in [0.4, 0.5) is 0 Å². The van der Waals surface area contributed by atoms with Gasteiger partial charge in [-0.15, -0.1) is 0 Å². The lowest BCUT2D eigenvalue weighted by atomic mass is 9.94. The second-order valence-corrected chi connectivity index (χ2v) is 5.54. The van der Waals surface area contributed by atoms with Gasteiger partial charge in [-0.2, -0.15) is 0 Å². The maximum atomic E-state index is 6.11. The smallest absolute Gasteiger partial charge is 0.175 e. The second-order valence-electron chi connectivity index (χ2n) is 5.54. The third-order valence-corrected chi connectivity index (χ3v) is 3.94. The molecule has 1 aliphatic rings. The number of unbranched alkanes of at least 4 members (excludes halogenated alkanes) is 2. The third kappa shape index (κ3) is 4.99. The lowest BCUT2D eigenvalue weighted by Crippen LogP contribution is -2.53. The number of hydrogen-bond acceptors (Lipinski definition) is 4. The highest BCUT2D eigenvalue weighted by Crippen LogP contribution is 2.39. The highest BCUT2D eigenvalue weighted by molar-refractivity contribution is 4.86. The molecule has 0 N–H and O–H groups in total. The molecule has 2 atom stereocenters. The van der Waals surface area contributed by atoms with Crippen LogP contribution in [0, 0.1) is 0 Å². The molecule has 0 bridgehead atoms. The summed E-state index contributed by atoms with van der Waals surface area (Å²) in [5, 5.41) is 0. The fraction of sp³-hybridized carbons (Fsp3) is 1.00. The molecule has 2 unspecified atom stereocenters. The molecule has 0 amide bonds. The highest BCUT2D eigenvalue weighted by Gasteiger charge is 2.47. The van der Waals surface area contributed by atoms with Gasteiger partial charge in [0.1, 0.15) is 0 Å². The lowest BCUT2D eigenvalue weighted by Gasteiger charge is -2.46. The van der Waals surface area contributed by atoms with Gasteiger partial charge in [0, 0.05) is 26.6 Å². The van der Waals surface area contributed by atoms with Crippen LogP contribution in [0.25, 0.3) is 0 Å². The Kier molecular flexibility index (Phi) is 8.03. The van der Waals surface area contributed by atoms with Crippen LogP contribution >= 0.6 is 0 Å². The Morgan fingerprint density at radius 1 is 1.05 bits per heavy atom. The molecule has 0 radical (unpaired) electrons. The van der Waals surface area contributed by atoms with Gasteiger partial charge < -0.3 is 18.9 Å². The van der Waals surface area contributed by atoms with Crippen molar-refractivity contribution in [3.05, 3.63) is 0 Å². The first-order chi connectivity index (χ1) is 9.66. The number of rotatable bonds is 10. The van der Waals surface area contributed by atoms with E-state index in [1.807, 2.05) is 6.92 Å². The Hall–Kier alpha value is -0.160. The lowest BCUT2D eigenvalue weighted by molar-refractivity contribution is -0.349. The minimum Gasteiger partial charge on any atom is -0.353 e. The molecule has 4 nitrogen and oxygen atoms in total. The monoisotopic (exact) mass is 288 g/mol. The van der Waals surface area contributed by atoms with E-state index in [9.17, 15) is 0 Å². The molecule has 0 aromatic rings. The Morgan fingerprint density at radius 3 is 2.40 bits per heavy atom. The molecular formula is C16H32O4. The van der Waals surface area contributed by atoms with Crippen LogP contribution in [0.1, 0.15) is 65.7 Å². The summed E-state index contributed by atoms with van der Waals surface area (Å²) in [7, 11) is 1.73. The molecule has 1 fully saturated rings. The van der Waals surface area contributed by atoms with Gasteiger partial charge in [0.15, 0.2) is 11.6 Å². The van der Waals surface area contributed by atoms with E-state index in [0.717, 1.165) is 45.1 Å². The average Bonchev–Trinajstić information content (AvgIpc) is 2.46. The van der Waals surface area contributed by atoms with Crippen LogP contribution in [-0.4, -0.2) is 38.5 Å². The summed E-state index contributed by atoms with van der Waals surface area (Å²) < 4.78 is 23.7. The van der Waals surface area contributed by atoms with Crippen molar-refractivity contribution in [2.24, 2.45) is 0 Å². The Labute approximate surface area is 124 Å². The van der Waals surface area contributed by atoms with Crippen molar-refractivity contribution >= 4 is 0 Å². The molecule has 0 saturated carbocycles. The summed E-state index contributed by atoms with van der Waals surface area (Å²) in [6.45, 7) is 8.38. The van der Waals surface area contributed by atoms with Gasteiger partial charge in [-0.05, 0) is 19.8 Å². The molecule has 1 saturated heterocycles. The van der Waals surface area contributed by atoms with Crippen molar-refractivity contribution in [2.45, 2.75) is 77.3 Å². The third-order valence-electron chi connectivity index (χ3n) is 3.94. The number of hydrogen-bond donors (Lipinski definition) is 0. The summed E-state index contributed by atoms with van der Waals surface area (Å²) in [4.78, 5) is 0. The Bertz CT molecular complexity index is 255. The SMILES string of the molecule is CCCCOC1(OCC)CCOC(CCCC)(OC)C1. The van der Waals surface area contributed by atoms with Gasteiger partial charge >= 0.3 is 0 Å². The van der Waals surface area contributed by atoms with Crippen LogP contribution < -0.4 is 0 Å². The van der Waals surface area contributed by atoms with Gasteiger partial charge in [0.05, 0.1) is 19.6 Å². The average molecular weight is 288 g/mol. The summed E-state index contributed by atoms with van der Waals surface area (Å²) in [6, 6.07) is 0. The first kappa shape index (κ1) is 17.9. The molecule has 0 aromatic carbocycles. The van der Waals surface area contributed by atoms with Crippen molar-refractivity contribution in [3.63, 3.8) is 0 Å². The van der Waals surface area contributed by atoms with Crippen LogP contribution in [0.5, 0.6) is 0 Å². The van der Waals surface area contributed by atoms with Gasteiger partial charge in [0.2, 0.25) is 0 Å². The van der Waals surface area contributed by atoms with Gasteiger partial charge in [-0.1, -0.05) is 26.7 Å². The molecule has 1 heterocycles. The molecule has 0 spiro atoms. The molecule has 120 valence electrons. The van der Waals surface area contributed by atoms with Gasteiger partial charge in [-0.3, -0.25) is 0 Å². The van der Waals surface area contributed by atoms with E-state index in [4.69, 9.17) is 18.9 Å². The van der Waals surface area contributed by atoms with Crippen LogP contribution in [0.2, 0.25) is 0 Å². The number of methoxy groups -OCH3 is 1. The van der Waals surface area contributed by atoms with E-state index in [1.165, 1.54) is 0 Å². The van der Waals surface area contributed by atoms with E-state index in [0.29, 0.717) is 19.6 Å². The maximum Gasteiger partial charge on any atom is 0.175 e. The molecule has 1 rings (SSSR count). The van der Waals surface area contributed by atoms with Crippen molar-refractivity contribution in [2.75, 3.05) is 26.9 Å². The standard InChI is InChI=1S/C16H32O4/c1-5-8-10-15(17-4)14-16(18-7-3,11-13-20-15)19-12-9-6-2/h5-14H2,1-4H3. The fourth-order valence-electron chi connectivity index (χ4n) is 2.74. The first-order valence-electron chi connectivity index (χ1n) is 8.13. The molecule has 1 aliphatic heterocycles. The van der Waals surface area contributed by atoms with E-state index >= 15 is 0 Å². The Balaban J connectivity index is 2.72. The summed E-state index contributed by atoms with van der Waals surface area (Å²) in [5.74, 6) is -1.08. The zero-order valence-electron chi connectivity index (χ0n) is 13.7. The van der Waals surface area contributed by atoms with Crippen molar-refractivity contribution in [1.29, 1.82) is 0 Å². The van der Waals surface area contributed by atoms with Crippen LogP contribution in [0.15, 0.2) is 0 Å². The normalized spacial score (nSPS) is 30.6. The van der Waals surface area contributed by atoms with E-state index in [2.05, 4.69) is 13.8 Å². The first-order valence-corrected chi connectivity index (χ1v) is 8.13. The minimum absolute atomic E-state index is 0.536. The predicted molar refractivity (Wildman–Crippen MR) is 79.7 cm³/mol. The quantitative estimate of drug-likeness (QED) is 0.451. The fourth-order valence-corrected chi connectivity index (χ4v) is 2.74. The second kappa shape index (κ2) is 8.98. The van der Waals surface area contributed by atoms with E-state index in [1.54, 1.807) is 7.11 Å². The molecule has 20 heavy (non-hydrogen) atoms. The summed E-state index contributed by atoms with van der Waals surface area (Å²) in [6.07, 6.45) is 6.74. The van der Waals surface area contributed by atoms with Crippen molar-refractivity contribution in [3.8, 4) is 0 Å². The summed E-state index contributed by atoms with van der Waals surface area (Å²) in [5.41, 5.74) is 0. The Morgan fingerprint density at radius 2 is 1.80 bits per heavy atom. The van der Waals surface area contributed by atoms with Gasteiger partial charge in [-0.25, -0.2) is 0 Å². The molecule has 4 heteroatoms. The summed E-state index contributed by atoms with van der Waals surface area (Å²) >= 11 is 0. The molecule has 0 aromatic heterocycles. The molecular weight excluding hydrogens is 256 g/mol. The zero-order valence-corrected chi connectivity index (χ0v) is 13.7. The zero-order chi connectivity index (χ0) is 14.9. The molecule has 0 aliphatic carbocycles. The van der Waals surface area contributed by atoms with E-state index < -0.39 is 11.6 Å². The van der Waals surface area contributed by atoms with Crippen molar-refractivity contribution in [1.82, 2.24) is 0 Å². The van der Waals surface area contributed by atoms with Crippen LogP contribution in [0.3, 0.4) is 0 Å². The van der Waals surface area contributed by atoms with Gasteiger partial charge in [0.25, 0.3) is 0 Å². The predicted octanol–water partition coefficient (Wildman–Crippen LogP) is 3.88. The minimum atomic E-state index is -0.546. The van der Waals surface area contributed by atoms with Crippen molar-refractivity contribution < 1.29 is 18.9 Å².